The Morgan fingerprint density at radius 2 is 1.90 bits per heavy atom. The summed E-state index contributed by atoms with van der Waals surface area (Å²) >= 11 is 0. The van der Waals surface area contributed by atoms with Crippen molar-refractivity contribution in [2.45, 2.75) is 64.9 Å². The molecule has 0 amide bonds. The highest BCUT2D eigenvalue weighted by atomic mass is 16.6. The van der Waals surface area contributed by atoms with Gasteiger partial charge in [0.1, 0.15) is 5.60 Å². The molecular weight excluding hydrogens is 256 g/mol. The zero-order chi connectivity index (χ0) is 15.4. The number of allylic oxidation sites excluding steroid dienone is 1. The van der Waals surface area contributed by atoms with Crippen LogP contribution in [0.25, 0.3) is 0 Å². The number of rotatable bonds is 6. The number of carboxylic acid groups (broad SMARTS) is 1. The molecule has 1 N–H and O–H groups in total. The number of aliphatic carboxylic acids is 1. The maximum atomic E-state index is 12.4. The van der Waals surface area contributed by atoms with E-state index in [1.807, 2.05) is 0 Å². The first-order valence-corrected chi connectivity index (χ1v) is 7.30. The van der Waals surface area contributed by atoms with Crippen molar-refractivity contribution < 1.29 is 19.4 Å². The molecule has 4 heteroatoms. The van der Waals surface area contributed by atoms with Crippen LogP contribution < -0.4 is 0 Å². The molecule has 0 spiro atoms. The summed E-state index contributed by atoms with van der Waals surface area (Å²) in [5, 5.41) is 9.65. The summed E-state index contributed by atoms with van der Waals surface area (Å²) in [6.45, 7) is 9.07. The van der Waals surface area contributed by atoms with E-state index >= 15 is 0 Å². The van der Waals surface area contributed by atoms with Crippen molar-refractivity contribution in [2.24, 2.45) is 11.3 Å². The predicted octanol–water partition coefficient (Wildman–Crippen LogP) is 3.56. The fourth-order valence-corrected chi connectivity index (χ4v) is 2.99. The molecule has 0 saturated heterocycles. The highest BCUT2D eigenvalue weighted by Crippen LogP contribution is 2.47. The van der Waals surface area contributed by atoms with Crippen molar-refractivity contribution in [3.63, 3.8) is 0 Å². The van der Waals surface area contributed by atoms with Crippen LogP contribution >= 0.6 is 0 Å². The highest BCUT2D eigenvalue weighted by Gasteiger charge is 2.51. The quantitative estimate of drug-likeness (QED) is 0.597. The molecule has 1 aliphatic rings. The normalized spacial score (nSPS) is 19.4. The Morgan fingerprint density at radius 3 is 2.30 bits per heavy atom. The lowest BCUT2D eigenvalue weighted by Gasteiger charge is -2.34. The summed E-state index contributed by atoms with van der Waals surface area (Å²) in [6.07, 6.45) is 5.68. The van der Waals surface area contributed by atoms with Gasteiger partial charge in [0.05, 0.1) is 11.3 Å². The smallest absolute Gasteiger partial charge is 0.310 e. The minimum Gasteiger partial charge on any atom is -0.481 e. The van der Waals surface area contributed by atoms with Crippen molar-refractivity contribution in [3.8, 4) is 0 Å². The fraction of sp³-hybridized carbons (Fsp3) is 0.750. The molecule has 0 aliphatic heterocycles. The molecule has 0 unspecified atom stereocenters. The molecule has 0 aromatic carbocycles. The van der Waals surface area contributed by atoms with Crippen molar-refractivity contribution >= 4 is 11.9 Å². The number of ether oxygens (including phenoxy) is 1. The van der Waals surface area contributed by atoms with Crippen LogP contribution in [0, 0.1) is 11.3 Å². The average molecular weight is 282 g/mol. The molecule has 0 aromatic rings. The first-order valence-electron chi connectivity index (χ1n) is 7.30. The second-order valence-corrected chi connectivity index (χ2v) is 6.62. The SMILES string of the molecule is C=CCC[C@@H](C(=O)OC(C)(C)C)C1(C(=O)O)CCCC1. The monoisotopic (exact) mass is 282 g/mol. The van der Waals surface area contributed by atoms with Gasteiger partial charge in [0.15, 0.2) is 0 Å². The maximum absolute atomic E-state index is 12.4. The van der Waals surface area contributed by atoms with Gasteiger partial charge in [0.25, 0.3) is 0 Å². The average Bonchev–Trinajstić information content (AvgIpc) is 2.77. The van der Waals surface area contributed by atoms with Crippen LogP contribution in [-0.2, 0) is 14.3 Å². The Kier molecular flexibility index (Phi) is 5.37. The van der Waals surface area contributed by atoms with E-state index in [-0.39, 0.29) is 5.97 Å². The number of carbonyl (C=O) groups is 2. The standard InChI is InChI=1S/C16H26O4/c1-5-6-9-12(13(17)20-15(2,3)4)16(14(18)19)10-7-8-11-16/h5,12H,1,6-11H2,2-4H3,(H,18,19)/t12-/m0/s1. The van der Waals surface area contributed by atoms with Crippen LogP contribution in [0.5, 0.6) is 0 Å². The summed E-state index contributed by atoms with van der Waals surface area (Å²) < 4.78 is 5.45. The van der Waals surface area contributed by atoms with Crippen LogP contribution in [0.2, 0.25) is 0 Å². The largest absolute Gasteiger partial charge is 0.481 e. The first-order chi connectivity index (χ1) is 9.23. The van der Waals surface area contributed by atoms with E-state index < -0.39 is 22.9 Å². The van der Waals surface area contributed by atoms with Gasteiger partial charge >= 0.3 is 11.9 Å². The molecule has 0 bridgehead atoms. The van der Waals surface area contributed by atoms with Gasteiger partial charge in [-0.15, -0.1) is 6.58 Å². The summed E-state index contributed by atoms with van der Waals surface area (Å²) in [5.41, 5.74) is -1.55. The Hall–Kier alpha value is -1.32. The number of carbonyl (C=O) groups excluding carboxylic acids is 1. The molecule has 1 fully saturated rings. The Morgan fingerprint density at radius 1 is 1.35 bits per heavy atom. The second-order valence-electron chi connectivity index (χ2n) is 6.62. The van der Waals surface area contributed by atoms with Gasteiger partial charge in [0.2, 0.25) is 0 Å². The van der Waals surface area contributed by atoms with Gasteiger partial charge in [-0.05, 0) is 46.5 Å². The van der Waals surface area contributed by atoms with Crippen molar-refractivity contribution in [1.29, 1.82) is 0 Å². The lowest BCUT2D eigenvalue weighted by Crippen LogP contribution is -2.43. The van der Waals surface area contributed by atoms with Crippen molar-refractivity contribution in [2.75, 3.05) is 0 Å². The van der Waals surface area contributed by atoms with E-state index in [0.717, 1.165) is 12.8 Å². The van der Waals surface area contributed by atoms with E-state index in [9.17, 15) is 14.7 Å². The van der Waals surface area contributed by atoms with E-state index in [2.05, 4.69) is 6.58 Å². The number of hydrogen-bond donors (Lipinski definition) is 1. The van der Waals surface area contributed by atoms with Gasteiger partial charge in [-0.3, -0.25) is 9.59 Å². The van der Waals surface area contributed by atoms with Gasteiger partial charge in [-0.2, -0.15) is 0 Å². The van der Waals surface area contributed by atoms with Crippen LogP contribution in [0.1, 0.15) is 59.3 Å². The van der Waals surface area contributed by atoms with Gasteiger partial charge in [-0.25, -0.2) is 0 Å². The molecule has 4 nitrogen and oxygen atoms in total. The van der Waals surface area contributed by atoms with Gasteiger partial charge in [-0.1, -0.05) is 18.9 Å². The third-order valence-corrected chi connectivity index (χ3v) is 3.94. The molecule has 1 aliphatic carbocycles. The Bertz CT molecular complexity index is 372. The zero-order valence-corrected chi connectivity index (χ0v) is 12.8. The number of hydrogen-bond acceptors (Lipinski definition) is 3. The van der Waals surface area contributed by atoms with E-state index in [1.54, 1.807) is 26.8 Å². The minimum absolute atomic E-state index is 0.386. The summed E-state index contributed by atoms with van der Waals surface area (Å²) in [5.74, 6) is -1.83. The fourth-order valence-electron chi connectivity index (χ4n) is 2.99. The number of esters is 1. The van der Waals surface area contributed by atoms with Crippen LogP contribution in [0.4, 0.5) is 0 Å². The highest BCUT2D eigenvalue weighted by molar-refractivity contribution is 5.84. The molecule has 1 saturated carbocycles. The first kappa shape index (κ1) is 16.7. The lowest BCUT2D eigenvalue weighted by atomic mass is 9.71. The summed E-state index contributed by atoms with van der Waals surface area (Å²) in [6, 6.07) is 0. The predicted molar refractivity (Wildman–Crippen MR) is 77.3 cm³/mol. The third kappa shape index (κ3) is 3.84. The molecular formula is C16H26O4. The minimum atomic E-state index is -0.953. The van der Waals surface area contributed by atoms with E-state index in [0.29, 0.717) is 25.7 Å². The van der Waals surface area contributed by atoms with E-state index in [4.69, 9.17) is 4.74 Å². The second kappa shape index (κ2) is 6.42. The molecule has 114 valence electrons. The maximum Gasteiger partial charge on any atom is 0.310 e. The number of carboxylic acids is 1. The summed E-state index contributed by atoms with van der Waals surface area (Å²) in [4.78, 5) is 24.2. The third-order valence-electron chi connectivity index (χ3n) is 3.94. The molecule has 0 heterocycles. The van der Waals surface area contributed by atoms with Gasteiger partial charge in [0, 0.05) is 0 Å². The Balaban J connectivity index is 3.00. The van der Waals surface area contributed by atoms with Crippen LogP contribution in [-0.4, -0.2) is 22.6 Å². The topological polar surface area (TPSA) is 63.6 Å². The molecule has 0 radical (unpaired) electrons. The van der Waals surface area contributed by atoms with Crippen molar-refractivity contribution in [1.82, 2.24) is 0 Å². The Labute approximate surface area is 121 Å². The molecule has 1 atom stereocenters. The lowest BCUT2D eigenvalue weighted by molar-refractivity contribution is -0.173. The van der Waals surface area contributed by atoms with Crippen LogP contribution in [0.3, 0.4) is 0 Å². The van der Waals surface area contributed by atoms with E-state index in [1.165, 1.54) is 0 Å². The zero-order valence-electron chi connectivity index (χ0n) is 12.8. The van der Waals surface area contributed by atoms with Crippen molar-refractivity contribution in [3.05, 3.63) is 12.7 Å². The summed E-state index contributed by atoms with van der Waals surface area (Å²) in [7, 11) is 0. The molecule has 1 rings (SSSR count). The molecule has 0 aromatic heterocycles. The van der Waals surface area contributed by atoms with Crippen LogP contribution in [0.15, 0.2) is 12.7 Å². The molecule has 20 heavy (non-hydrogen) atoms. The van der Waals surface area contributed by atoms with Gasteiger partial charge < -0.3 is 9.84 Å².